The third-order valence-electron chi connectivity index (χ3n) is 3.00. The van der Waals surface area contributed by atoms with Crippen LogP contribution < -0.4 is 5.32 Å². The topological polar surface area (TPSA) is 55.6 Å². The molecule has 1 atom stereocenters. The highest BCUT2D eigenvalue weighted by Gasteiger charge is 2.23. The van der Waals surface area contributed by atoms with Crippen LogP contribution in [0.25, 0.3) is 0 Å². The molecule has 0 bridgehead atoms. The highest BCUT2D eigenvalue weighted by Crippen LogP contribution is 2.29. The second kappa shape index (κ2) is 6.77. The monoisotopic (exact) mass is 279 g/mol. The molecule has 6 heteroatoms. The van der Waals surface area contributed by atoms with E-state index in [9.17, 15) is 0 Å². The number of hydrogen-bond acceptors (Lipinski definition) is 5. The molecule has 1 unspecified atom stereocenters. The van der Waals surface area contributed by atoms with E-state index in [0.717, 1.165) is 25.3 Å². The molecule has 0 spiro atoms. The summed E-state index contributed by atoms with van der Waals surface area (Å²) in [5, 5.41) is 17.6. The molecule has 0 radical (unpaired) electrons. The third kappa shape index (κ3) is 3.39. The van der Waals surface area contributed by atoms with Crippen molar-refractivity contribution in [1.29, 1.82) is 0 Å². The largest absolute Gasteiger partial charge is 0.310 e. The molecular formula is C13H21N5S. The summed E-state index contributed by atoms with van der Waals surface area (Å²) in [7, 11) is 0. The van der Waals surface area contributed by atoms with Crippen LogP contribution in [0.4, 0.5) is 0 Å². The van der Waals surface area contributed by atoms with Crippen LogP contribution in [0, 0.1) is 5.92 Å². The van der Waals surface area contributed by atoms with Gasteiger partial charge in [-0.3, -0.25) is 0 Å². The Kier molecular flexibility index (Phi) is 5.04. The van der Waals surface area contributed by atoms with Crippen molar-refractivity contribution in [2.45, 2.75) is 39.8 Å². The maximum absolute atomic E-state index is 4.19. The second-order valence-corrected chi connectivity index (χ2v) is 5.90. The molecule has 0 aliphatic heterocycles. The minimum atomic E-state index is 0.216. The summed E-state index contributed by atoms with van der Waals surface area (Å²) in [6, 6.07) is 4.45. The molecule has 0 aliphatic rings. The lowest BCUT2D eigenvalue weighted by atomic mass is 10.0. The Bertz CT molecular complexity index is 477. The van der Waals surface area contributed by atoms with Gasteiger partial charge in [0.1, 0.15) is 0 Å². The van der Waals surface area contributed by atoms with Crippen molar-refractivity contribution in [1.82, 2.24) is 25.5 Å². The van der Waals surface area contributed by atoms with Crippen LogP contribution in [0.5, 0.6) is 0 Å². The molecule has 0 saturated heterocycles. The minimum Gasteiger partial charge on any atom is -0.310 e. The summed E-state index contributed by atoms with van der Waals surface area (Å²) in [6.45, 7) is 8.26. The molecule has 0 aliphatic carbocycles. The van der Waals surface area contributed by atoms with Crippen molar-refractivity contribution in [3.8, 4) is 0 Å². The summed E-state index contributed by atoms with van der Waals surface area (Å²) < 4.78 is 1.96. The fraction of sp³-hybridized carbons (Fsp3) is 0.615. The number of rotatable bonds is 7. The zero-order valence-electron chi connectivity index (χ0n) is 11.7. The Morgan fingerprint density at radius 1 is 1.42 bits per heavy atom. The minimum absolute atomic E-state index is 0.216. The summed E-state index contributed by atoms with van der Waals surface area (Å²) in [4.78, 5) is 1.30. The summed E-state index contributed by atoms with van der Waals surface area (Å²) in [6.07, 6.45) is 1.11. The Balaban J connectivity index is 2.20. The van der Waals surface area contributed by atoms with Gasteiger partial charge in [0.25, 0.3) is 0 Å². The molecule has 2 aromatic heterocycles. The van der Waals surface area contributed by atoms with Crippen LogP contribution >= 0.6 is 11.3 Å². The first-order chi connectivity index (χ1) is 9.24. The van der Waals surface area contributed by atoms with Crippen molar-refractivity contribution >= 4 is 11.3 Å². The zero-order valence-corrected chi connectivity index (χ0v) is 12.5. The number of nitrogens with zero attached hydrogens (tertiary/aromatic N) is 4. The van der Waals surface area contributed by atoms with E-state index in [1.165, 1.54) is 4.88 Å². The SMILES string of the molecule is CCCNCc1nnnn1C(c1cccs1)C(C)C. The van der Waals surface area contributed by atoms with E-state index in [1.807, 2.05) is 4.68 Å². The Hall–Kier alpha value is -1.27. The molecular weight excluding hydrogens is 258 g/mol. The van der Waals surface area contributed by atoms with E-state index in [0.29, 0.717) is 5.92 Å². The highest BCUT2D eigenvalue weighted by molar-refractivity contribution is 7.10. The lowest BCUT2D eigenvalue weighted by Gasteiger charge is -2.20. The van der Waals surface area contributed by atoms with Crippen molar-refractivity contribution in [2.75, 3.05) is 6.54 Å². The molecule has 0 aromatic carbocycles. The van der Waals surface area contributed by atoms with E-state index in [2.05, 4.69) is 59.1 Å². The summed E-state index contributed by atoms with van der Waals surface area (Å²) in [5.74, 6) is 1.35. The summed E-state index contributed by atoms with van der Waals surface area (Å²) in [5.41, 5.74) is 0. The number of hydrogen-bond donors (Lipinski definition) is 1. The molecule has 2 rings (SSSR count). The van der Waals surface area contributed by atoms with Crippen LogP contribution in [0.3, 0.4) is 0 Å². The summed E-state index contributed by atoms with van der Waals surface area (Å²) >= 11 is 1.76. The zero-order chi connectivity index (χ0) is 13.7. The van der Waals surface area contributed by atoms with E-state index in [1.54, 1.807) is 11.3 Å². The van der Waals surface area contributed by atoms with Gasteiger partial charge >= 0.3 is 0 Å². The second-order valence-electron chi connectivity index (χ2n) is 4.92. The predicted molar refractivity (Wildman–Crippen MR) is 77.1 cm³/mol. The Morgan fingerprint density at radius 3 is 2.89 bits per heavy atom. The van der Waals surface area contributed by atoms with Crippen LogP contribution in [0.1, 0.15) is 43.9 Å². The first-order valence-corrected chi connectivity index (χ1v) is 7.62. The van der Waals surface area contributed by atoms with Gasteiger partial charge in [0.05, 0.1) is 12.6 Å². The van der Waals surface area contributed by atoms with Gasteiger partial charge in [-0.25, -0.2) is 4.68 Å². The number of nitrogens with one attached hydrogen (secondary N) is 1. The molecule has 104 valence electrons. The maximum atomic E-state index is 4.19. The Morgan fingerprint density at radius 2 is 2.26 bits per heavy atom. The molecule has 1 N–H and O–H groups in total. The molecule has 2 heterocycles. The van der Waals surface area contributed by atoms with Crippen LogP contribution in [-0.4, -0.2) is 26.8 Å². The number of thiophene rings is 1. The van der Waals surface area contributed by atoms with Crippen molar-refractivity contribution in [2.24, 2.45) is 5.92 Å². The fourth-order valence-electron chi connectivity index (χ4n) is 2.11. The fourth-order valence-corrected chi connectivity index (χ4v) is 3.10. The van der Waals surface area contributed by atoms with Gasteiger partial charge < -0.3 is 5.32 Å². The standard InChI is InChI=1S/C13H21N5S/c1-4-7-14-9-12-15-16-17-18(12)13(10(2)3)11-6-5-8-19-11/h5-6,8,10,13-14H,4,7,9H2,1-3H3. The normalized spacial score (nSPS) is 13.1. The first kappa shape index (κ1) is 14.1. The Labute approximate surface area is 118 Å². The van der Waals surface area contributed by atoms with E-state index >= 15 is 0 Å². The van der Waals surface area contributed by atoms with Gasteiger partial charge in [-0.05, 0) is 40.8 Å². The van der Waals surface area contributed by atoms with Crippen LogP contribution in [0.15, 0.2) is 17.5 Å². The molecule has 5 nitrogen and oxygen atoms in total. The van der Waals surface area contributed by atoms with Crippen LogP contribution in [0.2, 0.25) is 0 Å². The molecule has 19 heavy (non-hydrogen) atoms. The van der Waals surface area contributed by atoms with Gasteiger partial charge in [-0.1, -0.05) is 26.8 Å². The van der Waals surface area contributed by atoms with E-state index < -0.39 is 0 Å². The lowest BCUT2D eigenvalue weighted by molar-refractivity contribution is 0.385. The predicted octanol–water partition coefficient (Wildman–Crippen LogP) is 2.48. The molecule has 0 saturated carbocycles. The van der Waals surface area contributed by atoms with Crippen molar-refractivity contribution < 1.29 is 0 Å². The molecule has 2 aromatic rings. The van der Waals surface area contributed by atoms with Crippen molar-refractivity contribution in [3.63, 3.8) is 0 Å². The maximum Gasteiger partial charge on any atom is 0.165 e. The lowest BCUT2D eigenvalue weighted by Crippen LogP contribution is -2.23. The smallest absolute Gasteiger partial charge is 0.165 e. The first-order valence-electron chi connectivity index (χ1n) is 6.75. The van der Waals surface area contributed by atoms with Gasteiger partial charge in [0.2, 0.25) is 0 Å². The van der Waals surface area contributed by atoms with Gasteiger partial charge in [-0.15, -0.1) is 16.4 Å². The average molecular weight is 279 g/mol. The quantitative estimate of drug-likeness (QED) is 0.791. The third-order valence-corrected chi connectivity index (χ3v) is 3.94. The van der Waals surface area contributed by atoms with Gasteiger partial charge in [0, 0.05) is 4.88 Å². The van der Waals surface area contributed by atoms with Gasteiger partial charge in [-0.2, -0.15) is 0 Å². The average Bonchev–Trinajstić information content (AvgIpc) is 3.02. The highest BCUT2D eigenvalue weighted by atomic mass is 32.1. The van der Waals surface area contributed by atoms with Crippen molar-refractivity contribution in [3.05, 3.63) is 28.2 Å². The number of tetrazole rings is 1. The molecule has 0 fully saturated rings. The molecule has 0 amide bonds. The van der Waals surface area contributed by atoms with Crippen LogP contribution in [-0.2, 0) is 6.54 Å². The number of aromatic nitrogens is 4. The van der Waals surface area contributed by atoms with Gasteiger partial charge in [0.15, 0.2) is 5.82 Å². The van der Waals surface area contributed by atoms with E-state index in [4.69, 9.17) is 0 Å². The van der Waals surface area contributed by atoms with E-state index in [-0.39, 0.29) is 6.04 Å².